The topological polar surface area (TPSA) is 79.0 Å². The first kappa shape index (κ1) is 16.7. The zero-order valence-corrected chi connectivity index (χ0v) is 15.3. The molecule has 0 saturated carbocycles. The molecule has 1 spiro atoms. The number of nitrogens with one attached hydrogen (secondary N) is 1. The van der Waals surface area contributed by atoms with Crippen molar-refractivity contribution in [3.63, 3.8) is 0 Å². The Kier molecular flexibility index (Phi) is 3.75. The summed E-state index contributed by atoms with van der Waals surface area (Å²) in [6, 6.07) is 3.85. The normalized spacial score (nSPS) is 24.1. The molecule has 3 amide bonds. The first-order valence-electron chi connectivity index (χ1n) is 9.79. The van der Waals surface area contributed by atoms with Gasteiger partial charge in [-0.25, -0.2) is 5.01 Å². The standard InChI is InChI=1S/C20H23N3O4/c24-17-2-1-3-18(25)23(17)22-12-14-10-13-4-5-20(6-8-21-9-7-20)27-16(13)11-15(14)19(22)26/h10-11,21H,1-9,12H2. The van der Waals surface area contributed by atoms with Gasteiger partial charge in [0.15, 0.2) is 0 Å². The summed E-state index contributed by atoms with van der Waals surface area (Å²) in [5.41, 5.74) is 2.40. The number of hydrogen-bond acceptors (Lipinski definition) is 5. The van der Waals surface area contributed by atoms with Crippen LogP contribution < -0.4 is 10.1 Å². The van der Waals surface area contributed by atoms with Crippen LogP contribution in [-0.4, -0.2) is 46.4 Å². The first-order valence-corrected chi connectivity index (χ1v) is 9.79. The molecule has 2 saturated heterocycles. The number of carbonyl (C=O) groups excluding carboxylic acids is 3. The lowest BCUT2D eigenvalue weighted by molar-refractivity contribution is -0.163. The molecule has 1 N–H and O–H groups in total. The Balaban J connectivity index is 1.45. The van der Waals surface area contributed by atoms with Crippen LogP contribution in [0.1, 0.15) is 60.0 Å². The fourth-order valence-corrected chi connectivity index (χ4v) is 4.72. The molecule has 0 aromatic heterocycles. The predicted octanol–water partition coefficient (Wildman–Crippen LogP) is 1.54. The predicted molar refractivity (Wildman–Crippen MR) is 95.8 cm³/mol. The van der Waals surface area contributed by atoms with Gasteiger partial charge in [-0.15, -0.1) is 0 Å². The molecule has 142 valence electrons. The molecule has 0 radical (unpaired) electrons. The van der Waals surface area contributed by atoms with Crippen LogP contribution in [0.2, 0.25) is 0 Å². The number of nitrogens with zero attached hydrogens (tertiary/aromatic N) is 2. The molecule has 1 aromatic rings. The van der Waals surface area contributed by atoms with Crippen LogP contribution in [0.5, 0.6) is 5.75 Å². The molecule has 0 aliphatic carbocycles. The highest BCUT2D eigenvalue weighted by Crippen LogP contribution is 2.41. The van der Waals surface area contributed by atoms with Gasteiger partial charge in [0.25, 0.3) is 5.91 Å². The van der Waals surface area contributed by atoms with E-state index < -0.39 is 0 Å². The number of hydrogen-bond donors (Lipinski definition) is 1. The van der Waals surface area contributed by atoms with Crippen molar-refractivity contribution in [2.45, 2.75) is 57.1 Å². The second-order valence-electron chi connectivity index (χ2n) is 7.97. The van der Waals surface area contributed by atoms with Gasteiger partial charge >= 0.3 is 0 Å². The Morgan fingerprint density at radius 1 is 0.926 bits per heavy atom. The summed E-state index contributed by atoms with van der Waals surface area (Å²) in [5.74, 6) is -0.0810. The lowest BCUT2D eigenvalue weighted by Crippen LogP contribution is -2.52. The van der Waals surface area contributed by atoms with E-state index in [2.05, 4.69) is 5.32 Å². The molecule has 0 atom stereocenters. The minimum Gasteiger partial charge on any atom is -0.487 e. The van der Waals surface area contributed by atoms with Gasteiger partial charge < -0.3 is 10.1 Å². The molecule has 1 aromatic carbocycles. The molecule has 4 aliphatic rings. The maximum Gasteiger partial charge on any atom is 0.273 e. The summed E-state index contributed by atoms with van der Waals surface area (Å²) in [6.07, 6.45) is 5.03. The number of rotatable bonds is 1. The number of hydrazine groups is 1. The molecule has 7 nitrogen and oxygen atoms in total. The van der Waals surface area contributed by atoms with Crippen molar-refractivity contribution in [2.75, 3.05) is 13.1 Å². The largest absolute Gasteiger partial charge is 0.487 e. The van der Waals surface area contributed by atoms with Crippen molar-refractivity contribution in [1.29, 1.82) is 0 Å². The third kappa shape index (κ3) is 2.64. The van der Waals surface area contributed by atoms with Crippen LogP contribution in [-0.2, 0) is 22.6 Å². The third-order valence-electron chi connectivity index (χ3n) is 6.26. The molecule has 0 bridgehead atoms. The Morgan fingerprint density at radius 3 is 2.41 bits per heavy atom. The molecule has 2 fully saturated rings. The molecule has 0 unspecified atom stereocenters. The van der Waals surface area contributed by atoms with Gasteiger partial charge in [0.1, 0.15) is 11.4 Å². The van der Waals surface area contributed by atoms with Gasteiger partial charge in [0.05, 0.1) is 12.1 Å². The van der Waals surface area contributed by atoms with E-state index in [1.54, 1.807) is 0 Å². The maximum absolute atomic E-state index is 13.0. The number of aryl methyl sites for hydroxylation is 1. The van der Waals surface area contributed by atoms with Crippen LogP contribution in [0.4, 0.5) is 0 Å². The van der Waals surface area contributed by atoms with Gasteiger partial charge in [0.2, 0.25) is 11.8 Å². The Morgan fingerprint density at radius 2 is 1.67 bits per heavy atom. The number of benzene rings is 1. The lowest BCUT2D eigenvalue weighted by atomic mass is 9.83. The van der Waals surface area contributed by atoms with Crippen LogP contribution in [0, 0.1) is 0 Å². The van der Waals surface area contributed by atoms with Crippen molar-refractivity contribution < 1.29 is 19.1 Å². The highest BCUT2D eigenvalue weighted by Gasteiger charge is 2.42. The highest BCUT2D eigenvalue weighted by molar-refractivity contribution is 6.04. The Bertz CT molecular complexity index is 828. The SMILES string of the molecule is O=C1c2cc3c(cc2CN1N1C(=O)CCCC1=O)CCC1(CCNCC1)O3. The van der Waals surface area contributed by atoms with Crippen LogP contribution in [0.3, 0.4) is 0 Å². The number of ether oxygens (including phenoxy) is 1. The fourth-order valence-electron chi connectivity index (χ4n) is 4.72. The van der Waals surface area contributed by atoms with E-state index in [1.165, 1.54) is 5.01 Å². The summed E-state index contributed by atoms with van der Waals surface area (Å²) in [5, 5.41) is 5.73. The number of carbonyl (C=O) groups is 3. The minimum atomic E-state index is -0.290. The average Bonchev–Trinajstić information content (AvgIpc) is 2.96. The van der Waals surface area contributed by atoms with E-state index in [9.17, 15) is 14.4 Å². The summed E-state index contributed by atoms with van der Waals surface area (Å²) >= 11 is 0. The monoisotopic (exact) mass is 369 g/mol. The third-order valence-corrected chi connectivity index (χ3v) is 6.26. The van der Waals surface area contributed by atoms with E-state index in [0.29, 0.717) is 24.8 Å². The van der Waals surface area contributed by atoms with Crippen molar-refractivity contribution in [2.24, 2.45) is 0 Å². The zero-order valence-electron chi connectivity index (χ0n) is 15.3. The van der Waals surface area contributed by atoms with Crippen LogP contribution in [0.25, 0.3) is 0 Å². The zero-order chi connectivity index (χ0) is 18.6. The van der Waals surface area contributed by atoms with E-state index in [0.717, 1.165) is 60.7 Å². The Labute approximate surface area is 157 Å². The number of imide groups is 1. The maximum atomic E-state index is 13.0. The summed E-state index contributed by atoms with van der Waals surface area (Å²) in [6.45, 7) is 2.17. The first-order chi connectivity index (χ1) is 13.1. The minimum absolute atomic E-state index is 0.132. The second kappa shape index (κ2) is 6.05. The number of fused-ring (bicyclic) bond motifs is 2. The average molecular weight is 369 g/mol. The van der Waals surface area contributed by atoms with Gasteiger partial charge in [-0.3, -0.25) is 14.4 Å². The van der Waals surface area contributed by atoms with Crippen molar-refractivity contribution >= 4 is 17.7 Å². The second-order valence-corrected chi connectivity index (χ2v) is 7.97. The molecule has 4 aliphatic heterocycles. The van der Waals surface area contributed by atoms with E-state index in [1.807, 2.05) is 12.1 Å². The Hall–Kier alpha value is -2.41. The lowest BCUT2D eigenvalue weighted by Gasteiger charge is -2.41. The number of piperidine rings is 2. The van der Waals surface area contributed by atoms with E-state index >= 15 is 0 Å². The van der Waals surface area contributed by atoms with Crippen molar-refractivity contribution in [3.05, 3.63) is 28.8 Å². The summed E-state index contributed by atoms with van der Waals surface area (Å²) < 4.78 is 6.40. The van der Waals surface area contributed by atoms with E-state index in [4.69, 9.17) is 4.74 Å². The van der Waals surface area contributed by atoms with Gasteiger partial charge in [-0.1, -0.05) is 0 Å². The fraction of sp³-hybridized carbons (Fsp3) is 0.550. The molecule has 27 heavy (non-hydrogen) atoms. The van der Waals surface area contributed by atoms with Gasteiger partial charge in [-0.05, 0) is 68.5 Å². The van der Waals surface area contributed by atoms with Crippen molar-refractivity contribution in [1.82, 2.24) is 15.3 Å². The molecule has 4 heterocycles. The molecule has 7 heteroatoms. The summed E-state index contributed by atoms with van der Waals surface area (Å²) in [4.78, 5) is 37.4. The van der Waals surface area contributed by atoms with Crippen LogP contribution in [0.15, 0.2) is 12.1 Å². The smallest absolute Gasteiger partial charge is 0.273 e. The van der Waals surface area contributed by atoms with Crippen LogP contribution >= 0.6 is 0 Å². The summed E-state index contributed by atoms with van der Waals surface area (Å²) in [7, 11) is 0. The van der Waals surface area contributed by atoms with E-state index in [-0.39, 0.29) is 29.9 Å². The molecular weight excluding hydrogens is 346 g/mol. The molecule has 5 rings (SSSR count). The van der Waals surface area contributed by atoms with Gasteiger partial charge in [0, 0.05) is 12.8 Å². The molecular formula is C20H23N3O4. The van der Waals surface area contributed by atoms with Crippen molar-refractivity contribution in [3.8, 4) is 5.75 Å². The number of amides is 3. The highest BCUT2D eigenvalue weighted by atomic mass is 16.5. The van der Waals surface area contributed by atoms with Gasteiger partial charge in [-0.2, -0.15) is 5.01 Å². The quantitative estimate of drug-likeness (QED) is 0.760.